The molecule has 78 valence electrons. The Hall–Kier alpha value is -0.260. The van der Waals surface area contributed by atoms with Crippen LogP contribution in [0.15, 0.2) is 12.7 Å². The summed E-state index contributed by atoms with van der Waals surface area (Å²) in [5.41, 5.74) is 0. The fourth-order valence-corrected chi connectivity index (χ4v) is 0.895. The zero-order valence-corrected chi connectivity index (χ0v) is 7.98. The first-order chi connectivity index (χ1) is 4.81. The summed E-state index contributed by atoms with van der Waals surface area (Å²) in [5, 5.41) is 0. The van der Waals surface area contributed by atoms with E-state index in [9.17, 15) is 0 Å². The van der Waals surface area contributed by atoms with Crippen molar-refractivity contribution in [1.29, 1.82) is 0 Å². The highest BCUT2D eigenvalue weighted by Crippen LogP contribution is 2.08. The lowest BCUT2D eigenvalue weighted by molar-refractivity contribution is 0.532. The van der Waals surface area contributed by atoms with Gasteiger partial charge in [-0.15, -0.1) is 6.58 Å². The summed E-state index contributed by atoms with van der Waals surface area (Å²) in [6.45, 7) is 12.2. The Morgan fingerprint density at radius 2 is 1.67 bits per heavy atom. The first-order valence-corrected chi connectivity index (χ1v) is 4.42. The van der Waals surface area contributed by atoms with Gasteiger partial charge in [0, 0.05) is 0 Å². The van der Waals surface area contributed by atoms with Gasteiger partial charge in [-0.2, -0.15) is 0 Å². The Morgan fingerprint density at radius 3 is 1.92 bits per heavy atom. The van der Waals surface area contributed by atoms with Crippen molar-refractivity contribution >= 4 is 0 Å². The van der Waals surface area contributed by atoms with E-state index in [4.69, 9.17) is 0 Å². The van der Waals surface area contributed by atoms with Gasteiger partial charge in [0.15, 0.2) is 0 Å². The molecule has 12 heavy (non-hydrogen) atoms. The van der Waals surface area contributed by atoms with E-state index in [0.29, 0.717) is 0 Å². The van der Waals surface area contributed by atoms with E-state index >= 15 is 0 Å². The molecule has 1 atom stereocenters. The molecule has 0 aromatic rings. The van der Waals surface area contributed by atoms with Crippen molar-refractivity contribution < 1.29 is 0 Å². The average molecular weight is 174 g/mol. The van der Waals surface area contributed by atoms with Crippen LogP contribution in [0.3, 0.4) is 0 Å². The van der Waals surface area contributed by atoms with E-state index < -0.39 is 0 Å². The summed E-state index contributed by atoms with van der Waals surface area (Å²) in [5.74, 6) is 0.845. The molecule has 0 spiro atoms. The van der Waals surface area contributed by atoms with E-state index in [2.05, 4.69) is 20.4 Å². The molecule has 0 saturated carbocycles. The highest BCUT2D eigenvalue weighted by atomic mass is 14.0. The fourth-order valence-electron chi connectivity index (χ4n) is 0.895. The fraction of sp³-hybridized carbons (Fsp3) is 0.833. The van der Waals surface area contributed by atoms with Crippen LogP contribution < -0.4 is 0 Å². The lowest BCUT2D eigenvalue weighted by atomic mass is 10.0. The number of hydrogen-bond donors (Lipinski definition) is 0. The van der Waals surface area contributed by atoms with Crippen LogP contribution in [-0.2, 0) is 0 Å². The zero-order valence-electron chi connectivity index (χ0n) is 7.98. The first-order valence-electron chi connectivity index (χ1n) is 4.42. The first kappa shape index (κ1) is 22.6. The minimum atomic E-state index is 0. The van der Waals surface area contributed by atoms with Crippen molar-refractivity contribution in [2.24, 2.45) is 5.92 Å². The lowest BCUT2D eigenvalue weighted by Crippen LogP contribution is -1.89. The molecule has 1 unspecified atom stereocenters. The van der Waals surface area contributed by atoms with Crippen LogP contribution in [0.5, 0.6) is 0 Å². The van der Waals surface area contributed by atoms with E-state index in [0.717, 1.165) is 5.92 Å². The van der Waals surface area contributed by atoms with Crippen LogP contribution in [0.1, 0.15) is 61.8 Å². The van der Waals surface area contributed by atoms with Gasteiger partial charge in [-0.25, -0.2) is 0 Å². The molecule has 0 rings (SSSR count). The van der Waals surface area contributed by atoms with E-state index in [1.807, 2.05) is 19.9 Å². The molecule has 0 bridgehead atoms. The summed E-state index contributed by atoms with van der Waals surface area (Å²) in [6, 6.07) is 0. The summed E-state index contributed by atoms with van der Waals surface area (Å²) >= 11 is 0. The molecule has 0 N–H and O–H groups in total. The van der Waals surface area contributed by atoms with Crippen LogP contribution in [-0.4, -0.2) is 0 Å². The molecule has 0 nitrogen and oxygen atoms in total. The third kappa shape index (κ3) is 22.6. The maximum absolute atomic E-state index is 3.68. The molecule has 0 aromatic carbocycles. The minimum absolute atomic E-state index is 0. The van der Waals surface area contributed by atoms with Crippen molar-refractivity contribution in [1.82, 2.24) is 0 Å². The van der Waals surface area contributed by atoms with Crippen molar-refractivity contribution in [3.63, 3.8) is 0 Å². The molecule has 0 fully saturated rings. The Kier molecular flexibility index (Phi) is 42.2. The van der Waals surface area contributed by atoms with Crippen molar-refractivity contribution in [2.75, 3.05) is 0 Å². The maximum atomic E-state index is 3.68. The Bertz CT molecular complexity index is 55.1. The van der Waals surface area contributed by atoms with Gasteiger partial charge in [0.1, 0.15) is 0 Å². The summed E-state index contributed by atoms with van der Waals surface area (Å²) < 4.78 is 0. The van der Waals surface area contributed by atoms with Crippen LogP contribution >= 0.6 is 0 Å². The monoisotopic (exact) mass is 174 g/mol. The van der Waals surface area contributed by atoms with Gasteiger partial charge < -0.3 is 0 Å². The Balaban J connectivity index is -0.0000000740. The smallest absolute Gasteiger partial charge is 0.0328 e. The Labute approximate surface area is 81.1 Å². The highest BCUT2D eigenvalue weighted by molar-refractivity contribution is 4.69. The van der Waals surface area contributed by atoms with Gasteiger partial charge in [-0.3, -0.25) is 0 Å². The van der Waals surface area contributed by atoms with Crippen LogP contribution in [0.25, 0.3) is 0 Å². The average Bonchev–Trinajstić information content (AvgIpc) is 1.93. The second-order valence-corrected chi connectivity index (χ2v) is 2.42. The predicted molar refractivity (Wildman–Crippen MR) is 63.7 cm³/mol. The molecule has 0 aromatic heterocycles. The van der Waals surface area contributed by atoms with Gasteiger partial charge in [0.25, 0.3) is 0 Å². The van der Waals surface area contributed by atoms with Crippen molar-refractivity contribution in [3.05, 3.63) is 12.7 Å². The van der Waals surface area contributed by atoms with E-state index in [1.165, 1.54) is 19.3 Å². The normalized spacial score (nSPS) is 9.33. The molecule has 0 saturated heterocycles. The molecule has 0 aliphatic carbocycles. The van der Waals surface area contributed by atoms with Crippen molar-refractivity contribution in [2.45, 2.75) is 61.8 Å². The highest BCUT2D eigenvalue weighted by Gasteiger charge is 1.94. The maximum Gasteiger partial charge on any atom is -0.0328 e. The van der Waals surface area contributed by atoms with E-state index in [-0.39, 0.29) is 14.9 Å². The largest absolute Gasteiger partial charge is 0.103 e. The van der Waals surface area contributed by atoms with Gasteiger partial charge in [0.2, 0.25) is 0 Å². The summed E-state index contributed by atoms with van der Waals surface area (Å²) in [4.78, 5) is 0. The quantitative estimate of drug-likeness (QED) is 0.507. The van der Waals surface area contributed by atoms with Gasteiger partial charge in [-0.05, 0) is 12.3 Å². The molecule has 0 radical (unpaired) electrons. The van der Waals surface area contributed by atoms with Gasteiger partial charge >= 0.3 is 0 Å². The van der Waals surface area contributed by atoms with Crippen LogP contribution in [0.2, 0.25) is 0 Å². The zero-order chi connectivity index (χ0) is 8.41. The van der Waals surface area contributed by atoms with Crippen LogP contribution in [0, 0.1) is 5.92 Å². The lowest BCUT2D eigenvalue weighted by Gasteiger charge is -2.03. The van der Waals surface area contributed by atoms with Gasteiger partial charge in [0.05, 0.1) is 0 Å². The van der Waals surface area contributed by atoms with Crippen molar-refractivity contribution in [3.8, 4) is 0 Å². The second-order valence-electron chi connectivity index (χ2n) is 2.42. The summed E-state index contributed by atoms with van der Waals surface area (Å²) in [6.07, 6.45) is 5.81. The van der Waals surface area contributed by atoms with Gasteiger partial charge in [-0.1, -0.05) is 61.5 Å². The minimum Gasteiger partial charge on any atom is -0.103 e. The SMILES string of the molecule is C.C.C=CCC(C)CCC.CC. The molecule has 0 aliphatic rings. The third-order valence-corrected chi connectivity index (χ3v) is 1.35. The number of allylic oxidation sites excluding steroid dienone is 1. The van der Waals surface area contributed by atoms with Crippen LogP contribution in [0.4, 0.5) is 0 Å². The number of hydrogen-bond acceptors (Lipinski definition) is 0. The molecular formula is C12H30. The molecule has 0 heteroatoms. The summed E-state index contributed by atoms with van der Waals surface area (Å²) in [7, 11) is 0. The molecular weight excluding hydrogens is 144 g/mol. The predicted octanol–water partition coefficient (Wildman–Crippen LogP) is 5.30. The third-order valence-electron chi connectivity index (χ3n) is 1.35. The second kappa shape index (κ2) is 22.4. The van der Waals surface area contributed by atoms with E-state index in [1.54, 1.807) is 0 Å². The Morgan fingerprint density at radius 1 is 1.25 bits per heavy atom. The number of rotatable bonds is 4. The molecule has 0 aliphatic heterocycles. The standard InChI is InChI=1S/C8H16.C2H6.2CH4/c1-4-6-8(3)7-5-2;1-2;;/h4,8H,1,5-7H2,2-3H3;1-2H3;2*1H4. The molecule has 0 heterocycles. The molecule has 0 amide bonds. The topological polar surface area (TPSA) is 0 Å².